The lowest BCUT2D eigenvalue weighted by Gasteiger charge is -2.19. The van der Waals surface area contributed by atoms with Crippen LogP contribution in [0.4, 0.5) is 0 Å². The monoisotopic (exact) mass is 612 g/mol. The maximum absolute atomic E-state index is 11.0. The largest absolute Gasteiger partial charge is 0.460 e. The number of benzene rings is 2. The van der Waals surface area contributed by atoms with Gasteiger partial charge < -0.3 is 13.9 Å². The van der Waals surface area contributed by atoms with Crippen LogP contribution in [0, 0.1) is 0 Å². The summed E-state index contributed by atoms with van der Waals surface area (Å²) in [5.74, 6) is 1.57. The van der Waals surface area contributed by atoms with Crippen molar-refractivity contribution >= 4 is 8.60 Å². The second-order valence-electron chi connectivity index (χ2n) is 12.5. The highest BCUT2D eigenvalue weighted by molar-refractivity contribution is 7.41. The number of para-hydroxylation sites is 1. The third-order valence-corrected chi connectivity index (χ3v) is 9.39. The van der Waals surface area contributed by atoms with Gasteiger partial charge in [-0.2, -0.15) is 0 Å². The summed E-state index contributed by atoms with van der Waals surface area (Å²) in [7, 11) is -2.06. The van der Waals surface area contributed by atoms with Crippen molar-refractivity contribution < 1.29 is 13.9 Å². The Balaban J connectivity index is 1.97. The Bertz CT molecular complexity index is 930. The second kappa shape index (κ2) is 25.7. The third kappa shape index (κ3) is 17.5. The van der Waals surface area contributed by atoms with E-state index in [4.69, 9.17) is 9.05 Å². The molecule has 0 aromatic heterocycles. The van der Waals surface area contributed by atoms with Crippen molar-refractivity contribution in [3.8, 4) is 11.5 Å². The summed E-state index contributed by atoms with van der Waals surface area (Å²) in [6.45, 7) is 6.82. The highest BCUT2D eigenvalue weighted by atomic mass is 31.2. The quantitative estimate of drug-likeness (QED) is 0.0767. The summed E-state index contributed by atoms with van der Waals surface area (Å²) in [6, 6.07) is 14.6. The van der Waals surface area contributed by atoms with Gasteiger partial charge in [0.2, 0.25) is 0 Å². The van der Waals surface area contributed by atoms with E-state index in [9.17, 15) is 4.89 Å². The average Bonchev–Trinajstić information content (AvgIpc) is 3.01. The second-order valence-corrected chi connectivity index (χ2v) is 13.4. The zero-order valence-corrected chi connectivity index (χ0v) is 29.1. The molecule has 2 aromatic carbocycles. The van der Waals surface area contributed by atoms with E-state index < -0.39 is 8.60 Å². The minimum absolute atomic E-state index is 0.759. The van der Waals surface area contributed by atoms with E-state index >= 15 is 0 Å². The molecule has 0 spiro atoms. The van der Waals surface area contributed by atoms with Crippen LogP contribution < -0.4 is 9.05 Å². The molecule has 0 fully saturated rings. The first-order chi connectivity index (χ1) is 21.2. The molecular formula is C39H65O3P. The summed E-state index contributed by atoms with van der Waals surface area (Å²) in [6.07, 6.45) is 30.4. The molecule has 0 saturated carbocycles. The van der Waals surface area contributed by atoms with Crippen molar-refractivity contribution in [3.05, 3.63) is 59.2 Å². The van der Waals surface area contributed by atoms with E-state index in [1.807, 2.05) is 18.2 Å². The standard InChI is InChI=1S/C39H65O3P/c1-4-7-10-13-16-19-22-28-35-31-27-34-39(37(35)32-24-21-18-15-12-9-6-3)42-43(40)41-38-33-26-25-30-36(38)29-23-20-17-14-11-8-5-2/h25-27,30-31,33-34,40H,4-24,28-29,32H2,1-3H3. The van der Waals surface area contributed by atoms with Gasteiger partial charge in [0.1, 0.15) is 11.5 Å². The van der Waals surface area contributed by atoms with Crippen LogP contribution >= 0.6 is 8.60 Å². The van der Waals surface area contributed by atoms with E-state index in [1.54, 1.807) is 0 Å². The average molecular weight is 613 g/mol. The van der Waals surface area contributed by atoms with Gasteiger partial charge in [0, 0.05) is 0 Å². The molecule has 2 rings (SSSR count). The lowest BCUT2D eigenvalue weighted by molar-refractivity contribution is 0.377. The Hall–Kier alpha value is -1.57. The Morgan fingerprint density at radius 1 is 0.442 bits per heavy atom. The number of unbranched alkanes of at least 4 members (excludes halogenated alkanes) is 18. The number of rotatable bonds is 28. The van der Waals surface area contributed by atoms with Crippen LogP contribution in [0.15, 0.2) is 42.5 Å². The van der Waals surface area contributed by atoms with Gasteiger partial charge in [0.25, 0.3) is 0 Å². The predicted octanol–water partition coefficient (Wildman–Crippen LogP) is 13.2. The summed E-state index contributed by atoms with van der Waals surface area (Å²) >= 11 is 0. The van der Waals surface area contributed by atoms with Gasteiger partial charge in [-0.25, -0.2) is 0 Å². The first-order valence-electron chi connectivity index (χ1n) is 18.2. The highest BCUT2D eigenvalue weighted by Gasteiger charge is 2.18. The van der Waals surface area contributed by atoms with Crippen LogP contribution in [0.1, 0.15) is 172 Å². The molecular weight excluding hydrogens is 547 g/mol. The SMILES string of the molecule is CCCCCCCCCc1ccccc1OP(O)Oc1cccc(CCCCCCCCC)c1CCCCCCCCC. The first kappa shape index (κ1) is 37.6. The molecule has 0 amide bonds. The first-order valence-corrected chi connectivity index (χ1v) is 19.4. The van der Waals surface area contributed by atoms with Gasteiger partial charge in [-0.3, -0.25) is 0 Å². The van der Waals surface area contributed by atoms with Crippen molar-refractivity contribution in [1.82, 2.24) is 0 Å². The van der Waals surface area contributed by atoms with Gasteiger partial charge in [0.05, 0.1) is 0 Å². The molecule has 0 saturated heterocycles. The Morgan fingerprint density at radius 3 is 1.40 bits per heavy atom. The molecule has 0 aliphatic rings. The van der Waals surface area contributed by atoms with E-state index in [-0.39, 0.29) is 0 Å². The van der Waals surface area contributed by atoms with E-state index in [0.717, 1.165) is 42.7 Å². The van der Waals surface area contributed by atoms with Crippen LogP contribution in [0.25, 0.3) is 0 Å². The molecule has 43 heavy (non-hydrogen) atoms. The van der Waals surface area contributed by atoms with Gasteiger partial charge in [0.15, 0.2) is 0 Å². The molecule has 4 heteroatoms. The molecule has 1 N–H and O–H groups in total. The van der Waals surface area contributed by atoms with Gasteiger partial charge in [-0.15, -0.1) is 0 Å². The summed E-state index contributed by atoms with van der Waals surface area (Å²) in [5.41, 5.74) is 3.83. The molecule has 0 heterocycles. The van der Waals surface area contributed by atoms with Crippen molar-refractivity contribution in [3.63, 3.8) is 0 Å². The predicted molar refractivity (Wildman–Crippen MR) is 188 cm³/mol. The normalized spacial score (nSPS) is 12.0. The molecule has 0 bridgehead atoms. The molecule has 0 aliphatic carbocycles. The molecule has 1 unspecified atom stereocenters. The van der Waals surface area contributed by atoms with E-state index in [1.165, 1.54) is 140 Å². The van der Waals surface area contributed by atoms with E-state index in [2.05, 4.69) is 45.0 Å². The van der Waals surface area contributed by atoms with Crippen LogP contribution in [0.2, 0.25) is 0 Å². The Kier molecular flexibility index (Phi) is 22.5. The Morgan fingerprint density at radius 2 is 0.837 bits per heavy atom. The van der Waals surface area contributed by atoms with Crippen LogP contribution in [0.5, 0.6) is 11.5 Å². The van der Waals surface area contributed by atoms with E-state index in [0.29, 0.717) is 0 Å². The maximum atomic E-state index is 11.0. The maximum Gasteiger partial charge on any atom is 0.460 e. The zero-order chi connectivity index (χ0) is 30.8. The minimum atomic E-state index is -2.06. The lowest BCUT2D eigenvalue weighted by Crippen LogP contribution is -2.03. The fourth-order valence-electron chi connectivity index (χ4n) is 6.00. The molecule has 0 radical (unpaired) electrons. The topological polar surface area (TPSA) is 38.7 Å². The minimum Gasteiger partial charge on any atom is -0.418 e. The van der Waals surface area contributed by atoms with Crippen molar-refractivity contribution in [2.45, 2.75) is 175 Å². The number of hydrogen-bond acceptors (Lipinski definition) is 3. The van der Waals surface area contributed by atoms with Crippen molar-refractivity contribution in [2.24, 2.45) is 0 Å². The number of hydrogen-bond donors (Lipinski definition) is 1. The van der Waals surface area contributed by atoms with Crippen LogP contribution in [-0.2, 0) is 19.3 Å². The van der Waals surface area contributed by atoms with Gasteiger partial charge in [-0.1, -0.05) is 167 Å². The van der Waals surface area contributed by atoms with Gasteiger partial charge in [-0.05, 0) is 67.3 Å². The van der Waals surface area contributed by atoms with Crippen LogP contribution in [-0.4, -0.2) is 4.89 Å². The lowest BCUT2D eigenvalue weighted by atomic mass is 9.95. The summed E-state index contributed by atoms with van der Waals surface area (Å²) < 4.78 is 12.3. The summed E-state index contributed by atoms with van der Waals surface area (Å²) in [5, 5.41) is 0. The smallest absolute Gasteiger partial charge is 0.418 e. The Labute approximate surface area is 267 Å². The highest BCUT2D eigenvalue weighted by Crippen LogP contribution is 2.40. The van der Waals surface area contributed by atoms with Crippen molar-refractivity contribution in [2.75, 3.05) is 0 Å². The molecule has 3 nitrogen and oxygen atoms in total. The zero-order valence-electron chi connectivity index (χ0n) is 28.2. The fourth-order valence-corrected chi connectivity index (χ4v) is 6.73. The molecule has 1 atom stereocenters. The fraction of sp³-hybridized carbons (Fsp3) is 0.692. The number of aryl methyl sites for hydroxylation is 2. The van der Waals surface area contributed by atoms with Crippen LogP contribution in [0.3, 0.4) is 0 Å². The van der Waals surface area contributed by atoms with Gasteiger partial charge >= 0.3 is 8.60 Å². The molecule has 2 aromatic rings. The molecule has 244 valence electrons. The summed E-state index contributed by atoms with van der Waals surface area (Å²) in [4.78, 5) is 11.0. The third-order valence-electron chi connectivity index (χ3n) is 8.69. The van der Waals surface area contributed by atoms with Crippen molar-refractivity contribution in [1.29, 1.82) is 0 Å². The molecule has 0 aliphatic heterocycles.